The summed E-state index contributed by atoms with van der Waals surface area (Å²) in [5.41, 5.74) is 1.06. The van der Waals surface area contributed by atoms with Crippen LogP contribution in [0.3, 0.4) is 0 Å². The van der Waals surface area contributed by atoms with Crippen LogP contribution in [0, 0.1) is 11.8 Å². The largest absolute Gasteiger partial charge is 0.497 e. The predicted octanol–water partition coefficient (Wildman–Crippen LogP) is 3.36. The van der Waals surface area contributed by atoms with Gasteiger partial charge in [0, 0.05) is 44.0 Å². The maximum Gasteiger partial charge on any atom is 0.186 e. The van der Waals surface area contributed by atoms with Gasteiger partial charge in [-0.3, -0.25) is 0 Å². The topological polar surface area (TPSA) is 37.8 Å². The van der Waals surface area contributed by atoms with Crippen LogP contribution in [0.2, 0.25) is 0 Å². The van der Waals surface area contributed by atoms with E-state index in [2.05, 4.69) is 9.80 Å². The molecule has 6 rings (SSSR count). The minimum Gasteiger partial charge on any atom is -0.497 e. The fraction of sp³-hybridized carbons (Fsp3) is 0.550. The van der Waals surface area contributed by atoms with Gasteiger partial charge in [-0.05, 0) is 42.9 Å². The molecule has 1 aromatic carbocycles. The van der Waals surface area contributed by atoms with E-state index in [0.29, 0.717) is 6.04 Å². The molecule has 2 aromatic rings. The van der Waals surface area contributed by atoms with Gasteiger partial charge >= 0.3 is 0 Å². The summed E-state index contributed by atoms with van der Waals surface area (Å²) in [6.45, 7) is 4.93. The van der Waals surface area contributed by atoms with Gasteiger partial charge in [-0.1, -0.05) is 11.3 Å². The molecule has 138 valence electrons. The monoisotopic (exact) mass is 371 g/mol. The first kappa shape index (κ1) is 16.4. The summed E-state index contributed by atoms with van der Waals surface area (Å²) in [4.78, 5) is 11.2. The molecule has 4 fully saturated rings. The molecule has 5 nitrogen and oxygen atoms in total. The summed E-state index contributed by atoms with van der Waals surface area (Å²) in [6, 6.07) is 6.56. The molecular weight excluding hydrogens is 346 g/mol. The normalized spacial score (nSPS) is 29.7. The second-order valence-corrected chi connectivity index (χ2v) is 8.81. The molecule has 0 spiro atoms. The molecule has 4 saturated heterocycles. The molecule has 1 aromatic heterocycles. The van der Waals surface area contributed by atoms with E-state index in [4.69, 9.17) is 14.5 Å². The van der Waals surface area contributed by atoms with E-state index in [1.807, 2.05) is 24.4 Å². The predicted molar refractivity (Wildman–Crippen MR) is 104 cm³/mol. The molecule has 4 unspecified atom stereocenters. The molecule has 5 heterocycles. The summed E-state index contributed by atoms with van der Waals surface area (Å²) in [5, 5.41) is 1.16. The van der Waals surface area contributed by atoms with Gasteiger partial charge in [0.05, 0.1) is 19.1 Å². The van der Waals surface area contributed by atoms with Crippen LogP contribution in [0.25, 0.3) is 10.4 Å². The number of fused-ring (bicyclic) bond motifs is 1. The summed E-state index contributed by atoms with van der Waals surface area (Å²) in [6.07, 6.45) is 4.71. The summed E-state index contributed by atoms with van der Waals surface area (Å²) >= 11 is 1.78. The minimum atomic E-state index is 0.618. The number of ether oxygens (including phenoxy) is 2. The molecule has 26 heavy (non-hydrogen) atoms. The first-order valence-electron chi connectivity index (χ1n) is 9.40. The minimum absolute atomic E-state index is 0.618. The van der Waals surface area contributed by atoms with Crippen LogP contribution < -0.4 is 14.4 Å². The maximum absolute atomic E-state index is 5.57. The van der Waals surface area contributed by atoms with Crippen molar-refractivity contribution in [2.24, 2.45) is 11.8 Å². The number of anilines is 1. The van der Waals surface area contributed by atoms with Gasteiger partial charge in [0.25, 0.3) is 0 Å². The summed E-state index contributed by atoms with van der Waals surface area (Å²) in [7, 11) is 3.41. The fourth-order valence-corrected chi connectivity index (χ4v) is 6.07. The molecule has 0 saturated carbocycles. The van der Waals surface area contributed by atoms with Crippen molar-refractivity contribution in [1.82, 2.24) is 9.88 Å². The lowest BCUT2D eigenvalue weighted by Crippen LogP contribution is -2.49. The Hall–Kier alpha value is -1.79. The number of methoxy groups -OCH3 is 2. The SMILES string of the molecule is COc1ccc(OC)c(-c2cnc(N3CC4CC5CC3CN(C5)C4)s2)c1. The van der Waals surface area contributed by atoms with E-state index >= 15 is 0 Å². The van der Waals surface area contributed by atoms with Crippen molar-refractivity contribution >= 4 is 16.5 Å². The molecule has 4 bridgehead atoms. The number of nitrogens with zero attached hydrogens (tertiary/aromatic N) is 3. The highest BCUT2D eigenvalue weighted by Gasteiger charge is 2.42. The smallest absolute Gasteiger partial charge is 0.186 e. The van der Waals surface area contributed by atoms with Crippen molar-refractivity contribution in [3.05, 3.63) is 24.4 Å². The van der Waals surface area contributed by atoms with E-state index in [-0.39, 0.29) is 0 Å². The van der Waals surface area contributed by atoms with Crippen molar-refractivity contribution in [2.45, 2.75) is 18.9 Å². The third-order valence-corrected chi connectivity index (χ3v) is 7.15. The average molecular weight is 372 g/mol. The number of rotatable bonds is 4. The maximum atomic E-state index is 5.57. The number of hydrogen-bond donors (Lipinski definition) is 0. The van der Waals surface area contributed by atoms with Crippen molar-refractivity contribution < 1.29 is 9.47 Å². The zero-order valence-electron chi connectivity index (χ0n) is 15.4. The zero-order chi connectivity index (χ0) is 17.7. The molecular formula is C20H25N3O2S. The first-order chi connectivity index (χ1) is 12.7. The van der Waals surface area contributed by atoms with Crippen molar-refractivity contribution in [3.8, 4) is 21.9 Å². The second-order valence-electron chi connectivity index (χ2n) is 7.80. The quantitative estimate of drug-likeness (QED) is 0.824. The molecule has 0 amide bonds. The Bertz CT molecular complexity index is 794. The van der Waals surface area contributed by atoms with E-state index in [1.54, 1.807) is 25.6 Å². The van der Waals surface area contributed by atoms with Crippen LogP contribution in [0.15, 0.2) is 24.4 Å². The van der Waals surface area contributed by atoms with Crippen LogP contribution in [0.1, 0.15) is 12.8 Å². The average Bonchev–Trinajstić information content (AvgIpc) is 3.06. The zero-order valence-corrected chi connectivity index (χ0v) is 16.2. The van der Waals surface area contributed by atoms with Gasteiger partial charge in [-0.15, -0.1) is 0 Å². The Kier molecular flexibility index (Phi) is 4.05. The number of benzene rings is 1. The second kappa shape index (κ2) is 6.43. The van der Waals surface area contributed by atoms with Crippen LogP contribution >= 0.6 is 11.3 Å². The standard InChI is InChI=1S/C20H25N3O2S/c1-24-16-3-4-18(25-2)17(7-16)19-8-21-20(26-19)23-11-14-5-13-6-15(23)12-22(9-13)10-14/h3-4,7-8,13-15H,5-6,9-12H2,1-2H3. The molecule has 6 heteroatoms. The van der Waals surface area contributed by atoms with Gasteiger partial charge in [-0.2, -0.15) is 0 Å². The lowest BCUT2D eigenvalue weighted by molar-refractivity contribution is 0.0980. The van der Waals surface area contributed by atoms with Gasteiger partial charge in [0.15, 0.2) is 5.13 Å². The number of aromatic nitrogens is 1. The molecule has 4 atom stereocenters. The third-order valence-electron chi connectivity index (χ3n) is 6.08. The Balaban J connectivity index is 1.47. The highest BCUT2D eigenvalue weighted by atomic mass is 32.1. The van der Waals surface area contributed by atoms with E-state index in [1.165, 1.54) is 32.5 Å². The molecule has 0 N–H and O–H groups in total. The lowest BCUT2D eigenvalue weighted by atomic mass is 9.84. The molecule has 0 aliphatic carbocycles. The number of thiazole rings is 1. The Morgan fingerprint density at radius 1 is 1.04 bits per heavy atom. The van der Waals surface area contributed by atoms with E-state index in [9.17, 15) is 0 Å². The third kappa shape index (κ3) is 2.76. The van der Waals surface area contributed by atoms with Crippen molar-refractivity contribution in [2.75, 3.05) is 45.3 Å². The number of piperidine rings is 2. The Labute approximate surface area is 158 Å². The van der Waals surface area contributed by atoms with Gasteiger partial charge in [0.2, 0.25) is 0 Å². The van der Waals surface area contributed by atoms with Gasteiger partial charge in [0.1, 0.15) is 11.5 Å². The van der Waals surface area contributed by atoms with Crippen molar-refractivity contribution in [3.63, 3.8) is 0 Å². The van der Waals surface area contributed by atoms with E-state index in [0.717, 1.165) is 45.5 Å². The van der Waals surface area contributed by atoms with E-state index < -0.39 is 0 Å². The van der Waals surface area contributed by atoms with Gasteiger partial charge < -0.3 is 19.3 Å². The van der Waals surface area contributed by atoms with Crippen molar-refractivity contribution in [1.29, 1.82) is 0 Å². The summed E-state index contributed by atoms with van der Waals surface area (Å²) < 4.78 is 11.0. The highest BCUT2D eigenvalue weighted by molar-refractivity contribution is 7.19. The lowest BCUT2D eigenvalue weighted by Gasteiger charge is -2.41. The van der Waals surface area contributed by atoms with Crippen LogP contribution in [-0.2, 0) is 0 Å². The Morgan fingerprint density at radius 2 is 1.92 bits per heavy atom. The molecule has 4 aliphatic rings. The number of hydrogen-bond acceptors (Lipinski definition) is 6. The summed E-state index contributed by atoms with van der Waals surface area (Å²) in [5.74, 6) is 3.38. The fourth-order valence-electron chi connectivity index (χ4n) is 5.05. The van der Waals surface area contributed by atoms with Crippen LogP contribution in [0.5, 0.6) is 11.5 Å². The molecule has 4 aliphatic heterocycles. The highest BCUT2D eigenvalue weighted by Crippen LogP contribution is 2.43. The van der Waals surface area contributed by atoms with Gasteiger partial charge in [-0.25, -0.2) is 4.98 Å². The van der Waals surface area contributed by atoms with Crippen LogP contribution in [-0.4, -0.2) is 56.3 Å². The van der Waals surface area contributed by atoms with Crippen LogP contribution in [0.4, 0.5) is 5.13 Å². The Morgan fingerprint density at radius 3 is 2.73 bits per heavy atom. The first-order valence-corrected chi connectivity index (χ1v) is 10.2. The molecule has 0 radical (unpaired) electrons.